The Balaban J connectivity index is 2.05. The highest BCUT2D eigenvalue weighted by molar-refractivity contribution is 7.97. The van der Waals surface area contributed by atoms with E-state index in [4.69, 9.17) is 4.74 Å². The predicted octanol–water partition coefficient (Wildman–Crippen LogP) is 2.94. The van der Waals surface area contributed by atoms with E-state index in [0.29, 0.717) is 0 Å². The highest BCUT2D eigenvalue weighted by atomic mass is 32.2. The molecule has 0 spiro atoms. The van der Waals surface area contributed by atoms with Crippen LogP contribution >= 0.6 is 11.9 Å². The van der Waals surface area contributed by atoms with Gasteiger partial charge >= 0.3 is 0 Å². The van der Waals surface area contributed by atoms with E-state index in [9.17, 15) is 0 Å². The summed E-state index contributed by atoms with van der Waals surface area (Å²) in [5.74, 6) is 2.30. The number of rotatable bonds is 4. The average molecular weight is 223 g/mol. The summed E-state index contributed by atoms with van der Waals surface area (Å²) in [5, 5.41) is 0. The molecule has 0 bridgehead atoms. The molecule has 0 unspecified atom stereocenters. The zero-order valence-corrected chi connectivity index (χ0v) is 9.93. The Labute approximate surface area is 95.7 Å². The van der Waals surface area contributed by atoms with E-state index in [1.54, 1.807) is 0 Å². The molecule has 1 aromatic rings. The summed E-state index contributed by atoms with van der Waals surface area (Å²) in [7, 11) is 0. The molecule has 0 N–H and O–H groups in total. The van der Waals surface area contributed by atoms with Gasteiger partial charge in [0.15, 0.2) is 0 Å². The van der Waals surface area contributed by atoms with Gasteiger partial charge in [-0.1, -0.05) is 30.1 Å². The van der Waals surface area contributed by atoms with Gasteiger partial charge in [-0.15, -0.1) is 0 Å². The third kappa shape index (κ3) is 2.89. The Bertz CT molecular complexity index is 310. The molecule has 0 radical (unpaired) electrons. The lowest BCUT2D eigenvalue weighted by Crippen LogP contribution is -2.11. The van der Waals surface area contributed by atoms with E-state index >= 15 is 0 Å². The molecule has 1 aliphatic rings. The van der Waals surface area contributed by atoms with Crippen molar-refractivity contribution in [2.45, 2.75) is 19.9 Å². The summed E-state index contributed by atoms with van der Waals surface area (Å²) in [4.78, 5) is 0. The lowest BCUT2D eigenvalue weighted by Gasteiger charge is -2.16. The van der Waals surface area contributed by atoms with Crippen LogP contribution in [-0.4, -0.2) is 23.2 Å². The van der Waals surface area contributed by atoms with Gasteiger partial charge in [-0.05, 0) is 19.4 Å². The Morgan fingerprint density at radius 2 is 2.27 bits per heavy atom. The zero-order valence-electron chi connectivity index (χ0n) is 9.11. The standard InChI is InChI=1S/C12H17NOS/c1-2-14-12-7-4-3-6-11(12)10-13-8-5-9-15-13/h3-4,6-7H,2,5,8-10H2,1H3. The van der Waals surface area contributed by atoms with Gasteiger partial charge in [0, 0.05) is 24.4 Å². The minimum atomic E-state index is 0.740. The van der Waals surface area contributed by atoms with Gasteiger partial charge < -0.3 is 4.74 Å². The fourth-order valence-corrected chi connectivity index (χ4v) is 2.75. The van der Waals surface area contributed by atoms with Crippen LogP contribution in [0.3, 0.4) is 0 Å². The smallest absolute Gasteiger partial charge is 0.123 e. The summed E-state index contributed by atoms with van der Waals surface area (Å²) in [6.45, 7) is 4.97. The van der Waals surface area contributed by atoms with Crippen molar-refractivity contribution in [2.24, 2.45) is 0 Å². The lowest BCUT2D eigenvalue weighted by atomic mass is 10.2. The summed E-state index contributed by atoms with van der Waals surface area (Å²) in [5.41, 5.74) is 1.30. The first-order valence-corrected chi connectivity index (χ1v) is 6.43. The number of hydrogen-bond acceptors (Lipinski definition) is 3. The van der Waals surface area contributed by atoms with Crippen LogP contribution in [0.1, 0.15) is 18.9 Å². The third-order valence-corrected chi connectivity index (χ3v) is 3.59. The Morgan fingerprint density at radius 1 is 1.40 bits per heavy atom. The highest BCUT2D eigenvalue weighted by Crippen LogP contribution is 2.26. The average Bonchev–Trinajstić information content (AvgIpc) is 2.74. The van der Waals surface area contributed by atoms with Crippen LogP contribution in [0.4, 0.5) is 0 Å². The molecule has 3 heteroatoms. The predicted molar refractivity (Wildman–Crippen MR) is 65.1 cm³/mol. The third-order valence-electron chi connectivity index (χ3n) is 2.44. The molecule has 0 saturated carbocycles. The number of para-hydroxylation sites is 1. The van der Waals surface area contributed by atoms with Gasteiger partial charge in [0.1, 0.15) is 5.75 Å². The maximum absolute atomic E-state index is 5.61. The maximum Gasteiger partial charge on any atom is 0.123 e. The first kappa shape index (κ1) is 10.8. The molecular formula is C12H17NOS. The van der Waals surface area contributed by atoms with Crippen LogP contribution in [-0.2, 0) is 6.54 Å². The molecule has 0 atom stereocenters. The van der Waals surface area contributed by atoms with Crippen LogP contribution in [0.25, 0.3) is 0 Å². The van der Waals surface area contributed by atoms with Crippen molar-refractivity contribution in [2.75, 3.05) is 18.9 Å². The van der Waals surface area contributed by atoms with Gasteiger partial charge in [0.2, 0.25) is 0 Å². The van der Waals surface area contributed by atoms with Gasteiger partial charge in [-0.25, -0.2) is 4.31 Å². The van der Waals surface area contributed by atoms with E-state index in [0.717, 1.165) is 18.9 Å². The largest absolute Gasteiger partial charge is 0.494 e. The first-order chi connectivity index (χ1) is 7.40. The maximum atomic E-state index is 5.61. The van der Waals surface area contributed by atoms with Crippen molar-refractivity contribution >= 4 is 11.9 Å². The van der Waals surface area contributed by atoms with Crippen LogP contribution < -0.4 is 4.74 Å². The molecule has 0 amide bonds. The minimum absolute atomic E-state index is 0.740. The molecule has 0 aromatic heterocycles. The molecule has 82 valence electrons. The topological polar surface area (TPSA) is 12.5 Å². The number of benzene rings is 1. The van der Waals surface area contributed by atoms with Gasteiger partial charge in [-0.2, -0.15) is 0 Å². The van der Waals surface area contributed by atoms with Crippen molar-refractivity contribution in [3.63, 3.8) is 0 Å². The Kier molecular flexibility index (Phi) is 3.92. The minimum Gasteiger partial charge on any atom is -0.494 e. The second-order valence-electron chi connectivity index (χ2n) is 3.59. The van der Waals surface area contributed by atoms with Gasteiger partial charge in [0.05, 0.1) is 6.61 Å². The van der Waals surface area contributed by atoms with Crippen molar-refractivity contribution in [3.8, 4) is 5.75 Å². The second-order valence-corrected chi connectivity index (χ2v) is 4.77. The molecule has 1 aromatic carbocycles. The lowest BCUT2D eigenvalue weighted by molar-refractivity contribution is 0.332. The normalized spacial score (nSPS) is 16.9. The monoisotopic (exact) mass is 223 g/mol. The molecule has 1 fully saturated rings. The first-order valence-electron chi connectivity index (χ1n) is 5.48. The molecule has 0 aliphatic carbocycles. The fraction of sp³-hybridized carbons (Fsp3) is 0.500. The van der Waals surface area contributed by atoms with Gasteiger partial charge in [0.25, 0.3) is 0 Å². The van der Waals surface area contributed by atoms with E-state index in [2.05, 4.69) is 22.5 Å². The van der Waals surface area contributed by atoms with E-state index in [1.807, 2.05) is 24.9 Å². The fourth-order valence-electron chi connectivity index (χ4n) is 1.74. The van der Waals surface area contributed by atoms with E-state index in [-0.39, 0.29) is 0 Å². The summed E-state index contributed by atoms with van der Waals surface area (Å²) in [6, 6.07) is 8.33. The van der Waals surface area contributed by atoms with Crippen molar-refractivity contribution in [1.82, 2.24) is 4.31 Å². The van der Waals surface area contributed by atoms with Gasteiger partial charge in [-0.3, -0.25) is 0 Å². The van der Waals surface area contributed by atoms with Crippen LogP contribution in [0.2, 0.25) is 0 Å². The molecule has 15 heavy (non-hydrogen) atoms. The molecule has 1 aliphatic heterocycles. The van der Waals surface area contributed by atoms with Crippen LogP contribution in [0.5, 0.6) is 5.75 Å². The van der Waals surface area contributed by atoms with Crippen LogP contribution in [0.15, 0.2) is 24.3 Å². The molecule has 1 saturated heterocycles. The SMILES string of the molecule is CCOc1ccccc1CN1CCCS1. The van der Waals surface area contributed by atoms with Crippen molar-refractivity contribution in [1.29, 1.82) is 0 Å². The number of nitrogens with zero attached hydrogens (tertiary/aromatic N) is 1. The van der Waals surface area contributed by atoms with Crippen molar-refractivity contribution in [3.05, 3.63) is 29.8 Å². The molecule has 1 heterocycles. The molecule has 2 rings (SSSR count). The van der Waals surface area contributed by atoms with E-state index < -0.39 is 0 Å². The van der Waals surface area contributed by atoms with Crippen LogP contribution in [0, 0.1) is 0 Å². The van der Waals surface area contributed by atoms with E-state index in [1.165, 1.54) is 24.3 Å². The molecular weight excluding hydrogens is 206 g/mol. The number of ether oxygens (including phenoxy) is 1. The second kappa shape index (κ2) is 5.42. The zero-order chi connectivity index (χ0) is 10.5. The Morgan fingerprint density at radius 3 is 3.00 bits per heavy atom. The molecule has 2 nitrogen and oxygen atoms in total. The quantitative estimate of drug-likeness (QED) is 0.728. The summed E-state index contributed by atoms with van der Waals surface area (Å²) in [6.07, 6.45) is 1.31. The summed E-state index contributed by atoms with van der Waals surface area (Å²) >= 11 is 1.94. The highest BCUT2D eigenvalue weighted by Gasteiger charge is 2.14. The number of hydrogen-bond donors (Lipinski definition) is 0. The van der Waals surface area contributed by atoms with Crippen molar-refractivity contribution < 1.29 is 4.74 Å². The Hall–Kier alpha value is -0.670. The summed E-state index contributed by atoms with van der Waals surface area (Å²) < 4.78 is 8.03.